The number of methoxy groups -OCH3 is 2. The molecule has 0 spiro atoms. The van der Waals surface area contributed by atoms with Crippen LogP contribution in [0.1, 0.15) is 77.4 Å². The number of nitrogens with zero attached hydrogens (tertiary/aromatic N) is 5. The fourth-order valence-corrected chi connectivity index (χ4v) is 12.3. The van der Waals surface area contributed by atoms with Crippen molar-refractivity contribution < 1.29 is 37.8 Å². The predicted octanol–water partition coefficient (Wildman–Crippen LogP) is 7.69. The summed E-state index contributed by atoms with van der Waals surface area (Å²) < 4.78 is 34.4. The van der Waals surface area contributed by atoms with E-state index in [4.69, 9.17) is 19.2 Å². The lowest BCUT2D eigenvalue weighted by molar-refractivity contribution is -0.136. The van der Waals surface area contributed by atoms with Gasteiger partial charge >= 0.3 is 12.2 Å². The third kappa shape index (κ3) is 8.16. The predicted molar refractivity (Wildman–Crippen MR) is 237 cm³/mol. The Morgan fingerprint density at radius 1 is 0.841 bits per heavy atom. The Bertz CT molecular complexity index is 2580. The van der Waals surface area contributed by atoms with Crippen LogP contribution in [0.15, 0.2) is 48.8 Å². The number of ether oxygens (including phenoxy) is 3. The molecule has 334 valence electrons. The zero-order chi connectivity index (χ0) is 45.1. The van der Waals surface area contributed by atoms with Crippen LogP contribution < -0.4 is 15.4 Å². The Morgan fingerprint density at radius 2 is 1.44 bits per heavy atom. The molecule has 4 amide bonds. The van der Waals surface area contributed by atoms with E-state index in [2.05, 4.69) is 38.7 Å². The highest BCUT2D eigenvalue weighted by Crippen LogP contribution is 2.46. The third-order valence-electron chi connectivity index (χ3n) is 12.6. The molecule has 2 fully saturated rings. The van der Waals surface area contributed by atoms with Crippen molar-refractivity contribution in [2.75, 3.05) is 26.9 Å². The van der Waals surface area contributed by atoms with Gasteiger partial charge in [-0.2, -0.15) is 0 Å². The van der Waals surface area contributed by atoms with Crippen molar-refractivity contribution in [1.82, 2.24) is 44.9 Å². The monoisotopic (exact) mass is 881 g/mol. The highest BCUT2D eigenvalue weighted by Gasteiger charge is 2.46. The van der Waals surface area contributed by atoms with Crippen LogP contribution >= 0.6 is 0 Å². The van der Waals surface area contributed by atoms with Gasteiger partial charge < -0.3 is 49.2 Å². The lowest BCUT2D eigenvalue weighted by Gasteiger charge is -2.30. The van der Waals surface area contributed by atoms with Crippen molar-refractivity contribution in [3.63, 3.8) is 0 Å². The van der Waals surface area contributed by atoms with Gasteiger partial charge in [0.15, 0.2) is 6.23 Å². The lowest BCUT2D eigenvalue weighted by atomic mass is 10.0. The number of nitrogens with one attached hydrogen (secondary N) is 4. The Labute approximate surface area is 366 Å². The summed E-state index contributed by atoms with van der Waals surface area (Å²) >= 11 is 0. The van der Waals surface area contributed by atoms with Gasteiger partial charge in [0.2, 0.25) is 11.8 Å². The van der Waals surface area contributed by atoms with Gasteiger partial charge in [-0.25, -0.2) is 23.9 Å². The first-order valence-electron chi connectivity index (χ1n) is 21.5. The fraction of sp³-hybridized carbons (Fsp3) is 0.467. The average molecular weight is 882 g/mol. The van der Waals surface area contributed by atoms with E-state index < -0.39 is 44.4 Å². The van der Waals surface area contributed by atoms with Gasteiger partial charge in [0.1, 0.15) is 35.3 Å². The van der Waals surface area contributed by atoms with Gasteiger partial charge in [0.05, 0.1) is 74.9 Å². The number of fused-ring (bicyclic) bond motifs is 5. The van der Waals surface area contributed by atoms with Gasteiger partial charge in [0.25, 0.3) is 0 Å². The average Bonchev–Trinajstić information content (AvgIpc) is 4.09. The molecule has 0 saturated carbocycles. The smallest absolute Gasteiger partial charge is 0.407 e. The number of H-pyrrole nitrogens is 2. The molecule has 3 aromatic heterocycles. The number of aromatic nitrogens is 5. The van der Waals surface area contributed by atoms with Crippen LogP contribution in [-0.4, -0.2) is 105 Å². The van der Waals surface area contributed by atoms with Gasteiger partial charge in [-0.15, -0.1) is 0 Å². The van der Waals surface area contributed by atoms with Gasteiger partial charge in [-0.3, -0.25) is 9.59 Å². The minimum Gasteiger partial charge on any atom is -0.470 e. The second kappa shape index (κ2) is 16.8. The molecule has 0 bridgehead atoms. The molecule has 2 aromatic carbocycles. The van der Waals surface area contributed by atoms with Gasteiger partial charge in [-0.1, -0.05) is 46.9 Å². The molecule has 3 aliphatic rings. The molecule has 0 aliphatic carbocycles. The highest BCUT2D eigenvalue weighted by molar-refractivity contribution is 6.78. The van der Waals surface area contributed by atoms with Crippen molar-refractivity contribution in [2.24, 2.45) is 11.8 Å². The number of benzene rings is 2. The molecule has 2 saturated heterocycles. The van der Waals surface area contributed by atoms with Crippen LogP contribution in [0.2, 0.25) is 19.1 Å². The Hall–Kier alpha value is -6.17. The number of rotatable bonds is 10. The van der Waals surface area contributed by atoms with Gasteiger partial charge in [0, 0.05) is 29.2 Å². The summed E-state index contributed by atoms with van der Waals surface area (Å²) in [7, 11) is 0.734. The second-order valence-electron chi connectivity index (χ2n) is 18.3. The van der Waals surface area contributed by atoms with Crippen molar-refractivity contribution in [3.8, 4) is 39.5 Å². The Balaban J connectivity index is 1.04. The van der Waals surface area contributed by atoms with E-state index in [0.717, 1.165) is 34.6 Å². The summed E-state index contributed by atoms with van der Waals surface area (Å²) in [6, 6.07) is 10.0. The summed E-state index contributed by atoms with van der Waals surface area (Å²) in [5, 5.41) is 6.29. The molecule has 63 heavy (non-hydrogen) atoms. The van der Waals surface area contributed by atoms with E-state index >= 15 is 4.39 Å². The van der Waals surface area contributed by atoms with E-state index in [1.807, 2.05) is 74.4 Å². The minimum absolute atomic E-state index is 0.147. The van der Waals surface area contributed by atoms with Gasteiger partial charge in [-0.05, 0) is 68.0 Å². The Kier molecular flexibility index (Phi) is 11.6. The molecule has 6 heterocycles. The molecule has 5 aromatic rings. The maximum atomic E-state index is 16.4. The zero-order valence-electron chi connectivity index (χ0n) is 37.2. The molecular formula is C45H56FN9O7Si. The SMILES string of the molecule is COC(=O)N[C@H](C(=O)N1CCC[C@H]1c1ncc(-c2cc(F)c3c(c2)OC(C)n2c-3cc3cc(-c4cnc([C@@H]5C[Si](C)(C)CN5C(=O)[C@@H](NC(=O)OC)C(C)C)[nH]4)ccc32)[nH]1)C(C)C. The fourth-order valence-electron chi connectivity index (χ4n) is 9.42. The quantitative estimate of drug-likeness (QED) is 0.102. The molecular weight excluding hydrogens is 826 g/mol. The minimum atomic E-state index is -1.82. The number of imidazole rings is 2. The first-order valence-corrected chi connectivity index (χ1v) is 25.0. The van der Waals surface area contributed by atoms with Crippen LogP contribution in [0, 0.1) is 17.7 Å². The van der Waals surface area contributed by atoms with Crippen molar-refractivity contribution >= 4 is 43.0 Å². The van der Waals surface area contributed by atoms with Crippen LogP contribution in [-0.2, 0) is 19.1 Å². The highest BCUT2D eigenvalue weighted by atomic mass is 28.3. The summed E-state index contributed by atoms with van der Waals surface area (Å²) in [5.74, 6) is 0.536. The molecule has 3 aliphatic heterocycles. The first-order chi connectivity index (χ1) is 30.0. The third-order valence-corrected chi connectivity index (χ3v) is 15.3. The van der Waals surface area contributed by atoms with Crippen molar-refractivity contribution in [2.45, 2.75) is 97.0 Å². The maximum Gasteiger partial charge on any atom is 0.407 e. The van der Waals surface area contributed by atoms with E-state index in [9.17, 15) is 19.2 Å². The zero-order valence-corrected chi connectivity index (χ0v) is 38.2. The van der Waals surface area contributed by atoms with Crippen LogP contribution in [0.3, 0.4) is 0 Å². The standard InChI is InChI=1S/C45H56FN9O7Si/c1-23(2)38(51-44(58)60-6)42(56)53-14-10-11-33(53)40-47-20-31(50-40)27-16-29(46)37-34-17-28-15-26(12-13-32(28)55(34)25(5)62-36(37)18-27)30-19-48-41(49-30)35-21-63(8,9)22-54(35)43(57)39(24(3)4)52-45(59)61-7/h12-13,15-20,23-25,33,35,38-39H,10-11,14,21-22H2,1-9H3,(H,47,50)(H,48,49)(H,51,58)(H,52,59)/t25?,33-,35-,38-,39-/m0/s1. The number of halogens is 1. The normalized spacial score (nSPS) is 20.0. The number of hydrogen-bond donors (Lipinski definition) is 4. The second-order valence-corrected chi connectivity index (χ2v) is 23.4. The number of alkyl carbamates (subject to hydrolysis) is 2. The Morgan fingerprint density at radius 3 is 2.06 bits per heavy atom. The molecule has 8 rings (SSSR count). The van der Waals surface area contributed by atoms with Crippen LogP contribution in [0.4, 0.5) is 14.0 Å². The number of aromatic amines is 2. The molecule has 16 nitrogen and oxygen atoms in total. The van der Waals surface area contributed by atoms with Crippen molar-refractivity contribution in [1.29, 1.82) is 0 Å². The summed E-state index contributed by atoms with van der Waals surface area (Å²) in [6.45, 7) is 14.5. The topological polar surface area (TPSA) is 189 Å². The largest absolute Gasteiger partial charge is 0.470 e. The number of hydrogen-bond acceptors (Lipinski definition) is 9. The number of likely N-dealkylation sites (tertiary alicyclic amines) is 1. The van der Waals surface area contributed by atoms with E-state index in [0.29, 0.717) is 59.0 Å². The molecule has 1 unspecified atom stereocenters. The summed E-state index contributed by atoms with van der Waals surface area (Å²) in [4.78, 5) is 71.7. The first kappa shape index (κ1) is 43.5. The number of carbonyl (C=O) groups is 4. The van der Waals surface area contributed by atoms with Crippen LogP contribution in [0.25, 0.3) is 44.7 Å². The van der Waals surface area contributed by atoms with Crippen molar-refractivity contribution in [3.05, 3.63) is 66.3 Å². The van der Waals surface area contributed by atoms with Crippen LogP contribution in [0.5, 0.6) is 5.75 Å². The molecule has 5 atom stereocenters. The maximum absolute atomic E-state index is 16.4. The lowest BCUT2D eigenvalue weighted by Crippen LogP contribution is -2.52. The number of carbonyl (C=O) groups excluding carboxylic acids is 4. The summed E-state index contributed by atoms with van der Waals surface area (Å²) in [6.07, 6.45) is 3.76. The van der Waals surface area contributed by atoms with E-state index in [-0.39, 0.29) is 35.7 Å². The molecule has 4 N–H and O–H groups in total. The molecule has 0 radical (unpaired) electrons. The molecule has 18 heteroatoms. The van der Waals surface area contributed by atoms with E-state index in [1.54, 1.807) is 17.3 Å². The number of amides is 4. The van der Waals surface area contributed by atoms with E-state index in [1.165, 1.54) is 20.3 Å². The summed E-state index contributed by atoms with van der Waals surface area (Å²) in [5.41, 5.74) is 4.71.